The first-order valence-electron chi connectivity index (χ1n) is 6.14. The molecule has 1 aliphatic rings. The van der Waals surface area contributed by atoms with Gasteiger partial charge in [0.15, 0.2) is 5.82 Å². The third-order valence-corrected chi connectivity index (χ3v) is 3.54. The minimum atomic E-state index is -0.343. The molecule has 5 nitrogen and oxygen atoms in total. The number of aromatic nitrogens is 2. The zero-order valence-electron chi connectivity index (χ0n) is 10.2. The zero-order valence-corrected chi connectivity index (χ0v) is 11.0. The first kappa shape index (κ1) is 12.3. The lowest BCUT2D eigenvalue weighted by atomic mass is 10.2. The summed E-state index contributed by atoms with van der Waals surface area (Å²) in [4.78, 5) is 16.2. The van der Waals surface area contributed by atoms with E-state index in [0.29, 0.717) is 17.6 Å². The van der Waals surface area contributed by atoms with Crippen LogP contribution in [0.4, 0.5) is 5.13 Å². The van der Waals surface area contributed by atoms with Gasteiger partial charge >= 0.3 is 0 Å². The second-order valence-electron chi connectivity index (χ2n) is 4.28. The molecule has 0 radical (unpaired) electrons. The molecule has 1 aromatic carbocycles. The van der Waals surface area contributed by atoms with Crippen molar-refractivity contribution >= 4 is 22.6 Å². The first-order valence-corrected chi connectivity index (χ1v) is 6.92. The lowest BCUT2D eigenvalue weighted by Gasteiger charge is -2.07. The smallest absolute Gasteiger partial charge is 0.255 e. The number of ether oxygens (including phenoxy) is 1. The van der Waals surface area contributed by atoms with Crippen LogP contribution < -0.4 is 5.32 Å². The summed E-state index contributed by atoms with van der Waals surface area (Å²) >= 11 is 1.18. The predicted octanol–water partition coefficient (Wildman–Crippen LogP) is 2.32. The summed E-state index contributed by atoms with van der Waals surface area (Å²) < 4.78 is 9.56. The molecule has 1 amide bonds. The van der Waals surface area contributed by atoms with Crippen molar-refractivity contribution in [1.29, 1.82) is 0 Å². The zero-order chi connectivity index (χ0) is 13.1. The molecule has 0 saturated carbocycles. The molecule has 1 N–H and O–H groups in total. The minimum Gasteiger partial charge on any atom is -0.368 e. The number of amides is 1. The second-order valence-corrected chi connectivity index (χ2v) is 5.03. The Kier molecular flexibility index (Phi) is 3.52. The topological polar surface area (TPSA) is 64.1 Å². The molecular weight excluding hydrogens is 262 g/mol. The molecule has 2 heterocycles. The highest BCUT2D eigenvalue weighted by Crippen LogP contribution is 2.21. The van der Waals surface area contributed by atoms with Gasteiger partial charge in [-0.1, -0.05) is 30.3 Å². The maximum atomic E-state index is 11.9. The van der Waals surface area contributed by atoms with Crippen LogP contribution in [0.2, 0.25) is 0 Å². The average molecular weight is 275 g/mol. The molecule has 1 atom stereocenters. The number of hydrogen-bond acceptors (Lipinski definition) is 5. The summed E-state index contributed by atoms with van der Waals surface area (Å²) in [6.07, 6.45) is 1.36. The van der Waals surface area contributed by atoms with E-state index < -0.39 is 0 Å². The van der Waals surface area contributed by atoms with E-state index in [4.69, 9.17) is 4.74 Å². The average Bonchev–Trinajstić information content (AvgIpc) is 3.11. The largest absolute Gasteiger partial charge is 0.368 e. The monoisotopic (exact) mass is 275 g/mol. The quantitative estimate of drug-likeness (QED) is 0.933. The van der Waals surface area contributed by atoms with Crippen molar-refractivity contribution < 1.29 is 9.53 Å². The van der Waals surface area contributed by atoms with Crippen molar-refractivity contribution in [3.8, 4) is 11.4 Å². The molecule has 98 valence electrons. The molecule has 1 aromatic heterocycles. The van der Waals surface area contributed by atoms with Gasteiger partial charge in [-0.3, -0.25) is 10.1 Å². The van der Waals surface area contributed by atoms with Gasteiger partial charge in [0.25, 0.3) is 5.91 Å². The van der Waals surface area contributed by atoms with Crippen molar-refractivity contribution in [2.75, 3.05) is 11.9 Å². The van der Waals surface area contributed by atoms with Crippen LogP contribution >= 0.6 is 11.5 Å². The molecule has 19 heavy (non-hydrogen) atoms. The van der Waals surface area contributed by atoms with Crippen LogP contribution in [0.15, 0.2) is 30.3 Å². The number of nitrogens with zero attached hydrogens (tertiary/aromatic N) is 2. The van der Waals surface area contributed by atoms with E-state index in [-0.39, 0.29) is 12.0 Å². The van der Waals surface area contributed by atoms with E-state index >= 15 is 0 Å². The SMILES string of the molecule is O=C(Nc1nc(-c2ccccc2)ns1)C1CCCO1. The molecule has 1 unspecified atom stereocenters. The fraction of sp³-hybridized carbons (Fsp3) is 0.308. The molecule has 3 rings (SSSR count). The Morgan fingerprint density at radius 1 is 1.37 bits per heavy atom. The van der Waals surface area contributed by atoms with E-state index in [2.05, 4.69) is 14.7 Å². The highest BCUT2D eigenvalue weighted by atomic mass is 32.1. The highest BCUT2D eigenvalue weighted by Gasteiger charge is 2.24. The van der Waals surface area contributed by atoms with E-state index in [9.17, 15) is 4.79 Å². The van der Waals surface area contributed by atoms with Crippen LogP contribution in [0.1, 0.15) is 12.8 Å². The predicted molar refractivity (Wildman–Crippen MR) is 72.9 cm³/mol. The molecule has 1 fully saturated rings. The van der Waals surface area contributed by atoms with E-state index in [1.54, 1.807) is 0 Å². The lowest BCUT2D eigenvalue weighted by Crippen LogP contribution is -2.26. The summed E-state index contributed by atoms with van der Waals surface area (Å²) in [7, 11) is 0. The Morgan fingerprint density at radius 3 is 2.95 bits per heavy atom. The van der Waals surface area contributed by atoms with Crippen LogP contribution in [-0.4, -0.2) is 28.0 Å². The standard InChI is InChI=1S/C13H13N3O2S/c17-12(10-7-4-8-18-10)15-13-14-11(16-19-13)9-5-2-1-3-6-9/h1-3,5-6,10H,4,7-8H2,(H,14,15,16,17). The van der Waals surface area contributed by atoms with Gasteiger partial charge in [0.1, 0.15) is 6.10 Å². The van der Waals surface area contributed by atoms with Gasteiger partial charge in [0.2, 0.25) is 5.13 Å². The molecule has 6 heteroatoms. The summed E-state index contributed by atoms with van der Waals surface area (Å²) in [6.45, 7) is 0.656. The van der Waals surface area contributed by atoms with Gasteiger partial charge in [-0.2, -0.15) is 9.36 Å². The molecule has 0 spiro atoms. The third kappa shape index (κ3) is 2.80. The van der Waals surface area contributed by atoms with Gasteiger partial charge in [-0.05, 0) is 12.8 Å². The maximum absolute atomic E-state index is 11.9. The number of anilines is 1. The third-order valence-electron chi connectivity index (χ3n) is 2.91. The van der Waals surface area contributed by atoms with Crippen LogP contribution in [0, 0.1) is 0 Å². The number of carbonyl (C=O) groups excluding carboxylic acids is 1. The van der Waals surface area contributed by atoms with Crippen LogP contribution in [0.25, 0.3) is 11.4 Å². The lowest BCUT2D eigenvalue weighted by molar-refractivity contribution is -0.124. The summed E-state index contributed by atoms with van der Waals surface area (Å²) in [5.41, 5.74) is 0.941. The van der Waals surface area contributed by atoms with Gasteiger partial charge in [0.05, 0.1) is 0 Å². The number of nitrogens with one attached hydrogen (secondary N) is 1. The molecule has 2 aromatic rings. The fourth-order valence-electron chi connectivity index (χ4n) is 1.95. The number of benzene rings is 1. The van der Waals surface area contributed by atoms with Gasteiger partial charge < -0.3 is 4.74 Å². The van der Waals surface area contributed by atoms with Gasteiger partial charge in [0, 0.05) is 23.7 Å². The minimum absolute atomic E-state index is 0.131. The van der Waals surface area contributed by atoms with Gasteiger partial charge in [-0.15, -0.1) is 0 Å². The maximum Gasteiger partial charge on any atom is 0.255 e. The van der Waals surface area contributed by atoms with Crippen molar-refractivity contribution in [1.82, 2.24) is 9.36 Å². The normalized spacial score (nSPS) is 18.4. The van der Waals surface area contributed by atoms with Crippen LogP contribution in [0.3, 0.4) is 0 Å². The molecule has 0 bridgehead atoms. The van der Waals surface area contributed by atoms with Crippen molar-refractivity contribution in [2.24, 2.45) is 0 Å². The number of rotatable bonds is 3. The molecule has 1 aliphatic heterocycles. The Hall–Kier alpha value is -1.79. The van der Waals surface area contributed by atoms with Crippen molar-refractivity contribution in [2.45, 2.75) is 18.9 Å². The summed E-state index contributed by atoms with van der Waals surface area (Å²) in [5.74, 6) is 0.501. The van der Waals surface area contributed by atoms with Crippen molar-refractivity contribution in [3.05, 3.63) is 30.3 Å². The Morgan fingerprint density at radius 2 is 2.21 bits per heavy atom. The van der Waals surface area contributed by atoms with Crippen LogP contribution in [0.5, 0.6) is 0 Å². The van der Waals surface area contributed by atoms with Gasteiger partial charge in [-0.25, -0.2) is 0 Å². The highest BCUT2D eigenvalue weighted by molar-refractivity contribution is 7.10. The molecular formula is C13H13N3O2S. The van der Waals surface area contributed by atoms with E-state index in [1.807, 2.05) is 30.3 Å². The number of hydrogen-bond donors (Lipinski definition) is 1. The van der Waals surface area contributed by atoms with E-state index in [0.717, 1.165) is 18.4 Å². The Labute approximate surface area is 114 Å². The Bertz CT molecular complexity index is 564. The van der Waals surface area contributed by atoms with Crippen molar-refractivity contribution in [3.63, 3.8) is 0 Å². The summed E-state index contributed by atoms with van der Waals surface area (Å²) in [5, 5.41) is 3.27. The number of carbonyl (C=O) groups is 1. The second kappa shape index (κ2) is 5.46. The molecule has 0 aliphatic carbocycles. The fourth-order valence-corrected chi connectivity index (χ4v) is 2.54. The van der Waals surface area contributed by atoms with Crippen LogP contribution in [-0.2, 0) is 9.53 Å². The molecule has 1 saturated heterocycles. The summed E-state index contributed by atoms with van der Waals surface area (Å²) in [6, 6.07) is 9.68. The van der Waals surface area contributed by atoms with E-state index in [1.165, 1.54) is 11.5 Å². The Balaban J connectivity index is 1.70. The first-order chi connectivity index (χ1) is 9.33.